The van der Waals surface area contributed by atoms with Gasteiger partial charge >= 0.3 is 0 Å². The van der Waals surface area contributed by atoms with Gasteiger partial charge in [0.05, 0.1) is 11.2 Å². The van der Waals surface area contributed by atoms with E-state index in [0.29, 0.717) is 11.5 Å². The maximum absolute atomic E-state index is 10.5. The molecule has 0 radical (unpaired) electrons. The molecular weight excluding hydrogens is 356 g/mol. The number of aliphatic hydroxyl groups is 4. The number of rotatable bonds is 10. The molecule has 2 aromatic carbocycles. The van der Waals surface area contributed by atoms with Crippen molar-refractivity contribution in [2.75, 3.05) is 6.61 Å². The Morgan fingerprint density at radius 3 is 1.52 bits per heavy atom. The highest BCUT2D eigenvalue weighted by molar-refractivity contribution is 8.16. The van der Waals surface area contributed by atoms with E-state index in [4.69, 9.17) is 5.11 Å². The van der Waals surface area contributed by atoms with Gasteiger partial charge in [0.25, 0.3) is 0 Å². The van der Waals surface area contributed by atoms with Crippen molar-refractivity contribution < 1.29 is 20.4 Å². The SMILES string of the molecule is OC[C@H](O)[C@H](O)[C@@H](O)C(SCc1ccccc1)SCc1ccccc1. The van der Waals surface area contributed by atoms with E-state index in [1.165, 1.54) is 23.5 Å². The molecule has 0 spiro atoms. The van der Waals surface area contributed by atoms with Crippen LogP contribution in [0.15, 0.2) is 60.7 Å². The average molecular weight is 381 g/mol. The topological polar surface area (TPSA) is 80.9 Å². The second-order valence-electron chi connectivity index (χ2n) is 5.69. The predicted octanol–water partition coefficient (Wildman–Crippen LogP) is 2.25. The van der Waals surface area contributed by atoms with Gasteiger partial charge in [0.2, 0.25) is 0 Å². The fourth-order valence-corrected chi connectivity index (χ4v) is 4.85. The first-order chi connectivity index (χ1) is 12.1. The molecule has 0 saturated heterocycles. The van der Waals surface area contributed by atoms with Crippen molar-refractivity contribution in [1.29, 1.82) is 0 Å². The van der Waals surface area contributed by atoms with E-state index < -0.39 is 24.9 Å². The molecule has 136 valence electrons. The molecular formula is C19H24O4S2. The second kappa shape index (κ2) is 10.9. The van der Waals surface area contributed by atoms with E-state index in [0.717, 1.165) is 11.1 Å². The molecule has 2 aromatic rings. The largest absolute Gasteiger partial charge is 0.394 e. The minimum absolute atomic E-state index is 0.336. The van der Waals surface area contributed by atoms with Crippen LogP contribution in [-0.2, 0) is 11.5 Å². The van der Waals surface area contributed by atoms with Gasteiger partial charge in [0.1, 0.15) is 18.3 Å². The summed E-state index contributed by atoms with van der Waals surface area (Å²) in [5.41, 5.74) is 2.25. The van der Waals surface area contributed by atoms with Gasteiger partial charge in [0.15, 0.2) is 0 Å². The lowest BCUT2D eigenvalue weighted by atomic mass is 10.1. The van der Waals surface area contributed by atoms with Gasteiger partial charge < -0.3 is 20.4 Å². The first kappa shape index (κ1) is 20.3. The first-order valence-corrected chi connectivity index (χ1v) is 10.2. The Morgan fingerprint density at radius 1 is 0.680 bits per heavy atom. The zero-order valence-electron chi connectivity index (χ0n) is 13.8. The van der Waals surface area contributed by atoms with Gasteiger partial charge in [0, 0.05) is 11.5 Å². The minimum atomic E-state index is -1.39. The first-order valence-electron chi connectivity index (χ1n) is 8.08. The third kappa shape index (κ3) is 6.66. The Labute approximate surface area is 156 Å². The number of benzene rings is 2. The zero-order valence-corrected chi connectivity index (χ0v) is 15.4. The summed E-state index contributed by atoms with van der Waals surface area (Å²) in [7, 11) is 0. The maximum atomic E-state index is 10.5. The fraction of sp³-hybridized carbons (Fsp3) is 0.368. The monoisotopic (exact) mass is 380 g/mol. The van der Waals surface area contributed by atoms with Crippen LogP contribution in [0, 0.1) is 0 Å². The molecule has 0 heterocycles. The lowest BCUT2D eigenvalue weighted by Crippen LogP contribution is -2.43. The molecule has 0 aliphatic carbocycles. The lowest BCUT2D eigenvalue weighted by molar-refractivity contribution is -0.0706. The number of hydrogen-bond acceptors (Lipinski definition) is 6. The van der Waals surface area contributed by atoms with Crippen molar-refractivity contribution in [3.8, 4) is 0 Å². The number of thioether (sulfide) groups is 2. The zero-order chi connectivity index (χ0) is 18.1. The molecule has 6 heteroatoms. The van der Waals surface area contributed by atoms with Crippen molar-refractivity contribution in [3.63, 3.8) is 0 Å². The van der Waals surface area contributed by atoms with Crippen LogP contribution in [0.2, 0.25) is 0 Å². The van der Waals surface area contributed by atoms with Gasteiger partial charge in [-0.05, 0) is 11.1 Å². The second-order valence-corrected chi connectivity index (χ2v) is 8.25. The van der Waals surface area contributed by atoms with Crippen molar-refractivity contribution in [1.82, 2.24) is 0 Å². The summed E-state index contributed by atoms with van der Waals surface area (Å²) in [4.78, 5) is 0. The third-order valence-corrected chi connectivity index (χ3v) is 6.76. The molecule has 0 saturated carbocycles. The van der Waals surface area contributed by atoms with Gasteiger partial charge in [-0.3, -0.25) is 0 Å². The van der Waals surface area contributed by atoms with Crippen LogP contribution in [0.4, 0.5) is 0 Å². The molecule has 3 atom stereocenters. The number of hydrogen-bond donors (Lipinski definition) is 4. The van der Waals surface area contributed by atoms with Crippen LogP contribution in [0.5, 0.6) is 0 Å². The predicted molar refractivity (Wildman–Crippen MR) is 104 cm³/mol. The summed E-state index contributed by atoms with van der Waals surface area (Å²) in [5, 5.41) is 39.2. The Hall–Kier alpha value is -1.02. The highest BCUT2D eigenvalue weighted by atomic mass is 32.2. The van der Waals surface area contributed by atoms with E-state index >= 15 is 0 Å². The van der Waals surface area contributed by atoms with Crippen molar-refractivity contribution in [2.24, 2.45) is 0 Å². The molecule has 0 aromatic heterocycles. The van der Waals surface area contributed by atoms with Gasteiger partial charge in [-0.2, -0.15) is 0 Å². The van der Waals surface area contributed by atoms with E-state index in [1.54, 1.807) is 0 Å². The Kier molecular flexibility index (Phi) is 8.81. The Bertz CT molecular complexity index is 553. The molecule has 0 fully saturated rings. The summed E-state index contributed by atoms with van der Waals surface area (Å²) in [5.74, 6) is 1.37. The molecule has 4 N–H and O–H groups in total. The molecule has 2 rings (SSSR count). The molecule has 0 amide bonds. The molecule has 0 aliphatic rings. The van der Waals surface area contributed by atoms with Crippen molar-refractivity contribution >= 4 is 23.5 Å². The molecule has 0 bridgehead atoms. The lowest BCUT2D eigenvalue weighted by Gasteiger charge is -2.28. The van der Waals surface area contributed by atoms with Gasteiger partial charge in [-0.25, -0.2) is 0 Å². The summed E-state index contributed by atoms with van der Waals surface area (Å²) in [6, 6.07) is 19.8. The van der Waals surface area contributed by atoms with Crippen LogP contribution in [-0.4, -0.2) is 49.9 Å². The van der Waals surface area contributed by atoms with E-state index in [2.05, 4.69) is 0 Å². The summed E-state index contributed by atoms with van der Waals surface area (Å²) in [6.45, 7) is -0.586. The Morgan fingerprint density at radius 2 is 1.12 bits per heavy atom. The van der Waals surface area contributed by atoms with Crippen molar-refractivity contribution in [3.05, 3.63) is 71.8 Å². The highest BCUT2D eigenvalue weighted by Gasteiger charge is 2.31. The third-order valence-electron chi connectivity index (χ3n) is 3.72. The molecule has 0 unspecified atom stereocenters. The van der Waals surface area contributed by atoms with Crippen LogP contribution in [0.25, 0.3) is 0 Å². The van der Waals surface area contributed by atoms with E-state index in [1.807, 2.05) is 60.7 Å². The minimum Gasteiger partial charge on any atom is -0.394 e. The van der Waals surface area contributed by atoms with Crippen LogP contribution < -0.4 is 0 Å². The maximum Gasteiger partial charge on any atom is 0.110 e. The van der Waals surface area contributed by atoms with Gasteiger partial charge in [-0.15, -0.1) is 23.5 Å². The van der Waals surface area contributed by atoms with E-state index in [-0.39, 0.29) is 4.58 Å². The molecule has 4 nitrogen and oxygen atoms in total. The van der Waals surface area contributed by atoms with Crippen LogP contribution in [0.3, 0.4) is 0 Å². The number of aliphatic hydroxyl groups excluding tert-OH is 4. The summed E-state index contributed by atoms with van der Waals surface area (Å²) in [6.07, 6.45) is -3.89. The molecule has 0 aliphatic heterocycles. The van der Waals surface area contributed by atoms with E-state index in [9.17, 15) is 15.3 Å². The van der Waals surface area contributed by atoms with Crippen LogP contribution >= 0.6 is 23.5 Å². The smallest absolute Gasteiger partial charge is 0.110 e. The normalized spacial score (nSPS) is 15.1. The Balaban J connectivity index is 2.01. The quantitative estimate of drug-likeness (QED) is 0.474. The summed E-state index contributed by atoms with van der Waals surface area (Å²) < 4.78 is -0.336. The highest BCUT2D eigenvalue weighted by Crippen LogP contribution is 2.33. The van der Waals surface area contributed by atoms with Crippen LogP contribution in [0.1, 0.15) is 11.1 Å². The summed E-state index contributed by atoms with van der Waals surface area (Å²) >= 11 is 3.04. The standard InChI is InChI=1S/C19H24O4S2/c20-11-16(21)17(22)18(23)19(24-12-14-7-3-1-4-8-14)25-13-15-9-5-2-6-10-15/h1-10,16-23H,11-13H2/t16-,17-,18+/m0/s1. The molecule has 25 heavy (non-hydrogen) atoms. The fourth-order valence-electron chi connectivity index (χ4n) is 2.25. The van der Waals surface area contributed by atoms with Crippen molar-refractivity contribution in [2.45, 2.75) is 34.4 Å². The average Bonchev–Trinajstić information content (AvgIpc) is 2.68. The van der Waals surface area contributed by atoms with Gasteiger partial charge in [-0.1, -0.05) is 60.7 Å².